The molecule has 0 spiro atoms. The van der Waals surface area contributed by atoms with Gasteiger partial charge in [-0.25, -0.2) is 0 Å². The number of benzene rings is 1. The first-order valence-electron chi connectivity index (χ1n) is 4.64. The number of rotatable bonds is 1. The zero-order chi connectivity index (χ0) is 9.97. The van der Waals surface area contributed by atoms with Gasteiger partial charge in [0.15, 0.2) is 0 Å². The van der Waals surface area contributed by atoms with Crippen molar-refractivity contribution < 1.29 is 0 Å². The molecule has 1 aromatic rings. The fourth-order valence-electron chi connectivity index (χ4n) is 1.67. The highest BCUT2D eigenvalue weighted by molar-refractivity contribution is 7.99. The Kier molecular flexibility index (Phi) is 2.64. The molecule has 2 rings (SSSR count). The van der Waals surface area contributed by atoms with E-state index >= 15 is 0 Å². The number of hydrogen-bond acceptors (Lipinski definition) is 3. The summed E-state index contributed by atoms with van der Waals surface area (Å²) in [6, 6.07) is 11.0. The Morgan fingerprint density at radius 1 is 1.57 bits per heavy atom. The van der Waals surface area contributed by atoms with Crippen LogP contribution in [-0.4, -0.2) is 18.8 Å². The first-order valence-corrected chi connectivity index (χ1v) is 5.63. The van der Waals surface area contributed by atoms with Gasteiger partial charge in [0, 0.05) is 17.7 Å². The Morgan fingerprint density at radius 2 is 2.36 bits per heavy atom. The molecule has 0 radical (unpaired) electrons. The standard InChI is InChI=1S/C11H12N2S/c1-13-9(6-7-12)8-14-11-5-3-2-4-10(11)13/h2-5,9H,6,8H2,1H3. The Hall–Kier alpha value is -1.14. The summed E-state index contributed by atoms with van der Waals surface area (Å²) in [5.74, 6) is 1.01. The zero-order valence-corrected chi connectivity index (χ0v) is 8.92. The van der Waals surface area contributed by atoms with Crippen LogP contribution in [0.2, 0.25) is 0 Å². The van der Waals surface area contributed by atoms with Crippen molar-refractivity contribution in [1.82, 2.24) is 0 Å². The molecule has 2 nitrogen and oxygen atoms in total. The van der Waals surface area contributed by atoms with Crippen LogP contribution < -0.4 is 4.90 Å². The normalized spacial score (nSPS) is 20.0. The molecule has 1 atom stereocenters. The molecule has 0 bridgehead atoms. The molecule has 0 amide bonds. The smallest absolute Gasteiger partial charge is 0.0643 e. The number of nitrogens with zero attached hydrogens (tertiary/aromatic N) is 2. The second kappa shape index (κ2) is 3.93. The topological polar surface area (TPSA) is 27.0 Å². The number of fused-ring (bicyclic) bond motifs is 1. The van der Waals surface area contributed by atoms with Crippen LogP contribution in [0.1, 0.15) is 6.42 Å². The molecule has 1 heterocycles. The maximum Gasteiger partial charge on any atom is 0.0643 e. The minimum absolute atomic E-state index is 0.361. The quantitative estimate of drug-likeness (QED) is 0.703. The van der Waals surface area contributed by atoms with Crippen LogP contribution in [-0.2, 0) is 0 Å². The van der Waals surface area contributed by atoms with Gasteiger partial charge in [-0.05, 0) is 12.1 Å². The zero-order valence-electron chi connectivity index (χ0n) is 8.10. The molecule has 0 aliphatic carbocycles. The maximum absolute atomic E-state index is 8.70. The predicted molar refractivity (Wildman–Crippen MR) is 59.6 cm³/mol. The molecule has 72 valence electrons. The third-order valence-electron chi connectivity index (χ3n) is 2.55. The SMILES string of the molecule is CN1c2ccccc2SCC1CC#N. The van der Waals surface area contributed by atoms with Gasteiger partial charge < -0.3 is 4.90 Å². The molecule has 0 saturated heterocycles. The number of thioether (sulfide) groups is 1. The van der Waals surface area contributed by atoms with Gasteiger partial charge >= 0.3 is 0 Å². The largest absolute Gasteiger partial charge is 0.369 e. The van der Waals surface area contributed by atoms with Gasteiger partial charge in [0.25, 0.3) is 0 Å². The van der Waals surface area contributed by atoms with Crippen LogP contribution >= 0.6 is 11.8 Å². The van der Waals surface area contributed by atoms with Gasteiger partial charge in [-0.2, -0.15) is 5.26 Å². The summed E-state index contributed by atoms with van der Waals surface area (Å²) < 4.78 is 0. The Bertz CT molecular complexity index is 370. The summed E-state index contributed by atoms with van der Waals surface area (Å²) in [6.45, 7) is 0. The monoisotopic (exact) mass is 204 g/mol. The maximum atomic E-state index is 8.70. The molecule has 1 aliphatic heterocycles. The molecule has 1 aliphatic rings. The van der Waals surface area contributed by atoms with E-state index in [4.69, 9.17) is 5.26 Å². The van der Waals surface area contributed by atoms with Crippen molar-refractivity contribution in [3.05, 3.63) is 24.3 Å². The lowest BCUT2D eigenvalue weighted by Gasteiger charge is -2.34. The van der Waals surface area contributed by atoms with E-state index in [1.165, 1.54) is 10.6 Å². The van der Waals surface area contributed by atoms with Crippen LogP contribution in [0.15, 0.2) is 29.2 Å². The van der Waals surface area contributed by atoms with Crippen LogP contribution in [0.4, 0.5) is 5.69 Å². The summed E-state index contributed by atoms with van der Waals surface area (Å²) in [4.78, 5) is 3.54. The van der Waals surface area contributed by atoms with E-state index in [1.807, 2.05) is 17.8 Å². The number of anilines is 1. The average Bonchev–Trinajstić information content (AvgIpc) is 2.23. The molecule has 14 heavy (non-hydrogen) atoms. The van der Waals surface area contributed by atoms with Gasteiger partial charge in [0.1, 0.15) is 0 Å². The van der Waals surface area contributed by atoms with E-state index in [1.54, 1.807) is 0 Å². The van der Waals surface area contributed by atoms with E-state index in [2.05, 4.69) is 36.2 Å². The summed E-state index contributed by atoms with van der Waals surface area (Å²) in [7, 11) is 2.07. The Labute approximate surface area is 88.5 Å². The average molecular weight is 204 g/mol. The third-order valence-corrected chi connectivity index (χ3v) is 3.76. The van der Waals surface area contributed by atoms with Gasteiger partial charge in [-0.1, -0.05) is 12.1 Å². The molecule has 0 aromatic heterocycles. The van der Waals surface area contributed by atoms with E-state index < -0.39 is 0 Å². The van der Waals surface area contributed by atoms with Crippen LogP contribution in [0.5, 0.6) is 0 Å². The lowest BCUT2D eigenvalue weighted by molar-refractivity contribution is 0.698. The van der Waals surface area contributed by atoms with Crippen molar-refractivity contribution in [2.24, 2.45) is 0 Å². The lowest BCUT2D eigenvalue weighted by Crippen LogP contribution is -2.36. The molecule has 0 saturated carbocycles. The second-order valence-corrected chi connectivity index (χ2v) is 4.47. The van der Waals surface area contributed by atoms with Gasteiger partial charge in [0.05, 0.1) is 24.2 Å². The number of para-hydroxylation sites is 1. The van der Waals surface area contributed by atoms with Gasteiger partial charge in [-0.15, -0.1) is 11.8 Å². The predicted octanol–water partition coefficient (Wildman–Crippen LogP) is 2.51. The van der Waals surface area contributed by atoms with E-state index in [9.17, 15) is 0 Å². The van der Waals surface area contributed by atoms with Crippen LogP contribution in [0.3, 0.4) is 0 Å². The first kappa shape index (κ1) is 9.42. The van der Waals surface area contributed by atoms with Crippen molar-refractivity contribution in [3.8, 4) is 6.07 Å². The van der Waals surface area contributed by atoms with Crippen molar-refractivity contribution >= 4 is 17.4 Å². The molecule has 1 unspecified atom stereocenters. The van der Waals surface area contributed by atoms with Crippen LogP contribution in [0.25, 0.3) is 0 Å². The van der Waals surface area contributed by atoms with E-state index in [0.717, 1.165) is 5.75 Å². The molecule has 0 N–H and O–H groups in total. The summed E-state index contributed by atoms with van der Waals surface area (Å²) >= 11 is 1.85. The molecule has 1 aromatic carbocycles. The van der Waals surface area contributed by atoms with Crippen molar-refractivity contribution in [2.75, 3.05) is 17.7 Å². The number of nitriles is 1. The van der Waals surface area contributed by atoms with Crippen LogP contribution in [0, 0.1) is 11.3 Å². The molecular weight excluding hydrogens is 192 g/mol. The minimum Gasteiger partial charge on any atom is -0.369 e. The van der Waals surface area contributed by atoms with Crippen molar-refractivity contribution in [1.29, 1.82) is 5.26 Å². The fraction of sp³-hybridized carbons (Fsp3) is 0.364. The highest BCUT2D eigenvalue weighted by atomic mass is 32.2. The second-order valence-electron chi connectivity index (χ2n) is 3.41. The first-order chi connectivity index (χ1) is 6.83. The summed E-state index contributed by atoms with van der Waals surface area (Å²) in [6.07, 6.45) is 0.609. The third kappa shape index (κ3) is 1.58. The highest BCUT2D eigenvalue weighted by Crippen LogP contribution is 2.36. The highest BCUT2D eigenvalue weighted by Gasteiger charge is 2.22. The van der Waals surface area contributed by atoms with Crippen molar-refractivity contribution in [3.63, 3.8) is 0 Å². The van der Waals surface area contributed by atoms with E-state index in [0.29, 0.717) is 12.5 Å². The lowest BCUT2D eigenvalue weighted by atomic mass is 10.2. The van der Waals surface area contributed by atoms with E-state index in [-0.39, 0.29) is 0 Å². The summed E-state index contributed by atoms with van der Waals surface area (Å²) in [5, 5.41) is 8.70. The molecule has 0 fully saturated rings. The molecular formula is C11H12N2S. The Morgan fingerprint density at radius 3 is 3.14 bits per heavy atom. The van der Waals surface area contributed by atoms with Gasteiger partial charge in [-0.3, -0.25) is 0 Å². The Balaban J connectivity index is 2.28. The summed E-state index contributed by atoms with van der Waals surface area (Å²) in [5.41, 5.74) is 1.25. The molecule has 3 heteroatoms. The number of hydrogen-bond donors (Lipinski definition) is 0. The minimum atomic E-state index is 0.361. The van der Waals surface area contributed by atoms with Gasteiger partial charge in [0.2, 0.25) is 0 Å². The van der Waals surface area contributed by atoms with Crippen molar-refractivity contribution in [2.45, 2.75) is 17.4 Å². The fourth-order valence-corrected chi connectivity index (χ4v) is 2.91.